The lowest BCUT2D eigenvalue weighted by atomic mass is 9.87. The van der Waals surface area contributed by atoms with Crippen molar-refractivity contribution >= 4 is 0 Å². The average molecular weight is 224 g/mol. The van der Waals surface area contributed by atoms with Crippen LogP contribution in [-0.4, -0.2) is 30.6 Å². The van der Waals surface area contributed by atoms with Gasteiger partial charge in [-0.1, -0.05) is 19.3 Å². The zero-order valence-electron chi connectivity index (χ0n) is 10.8. The van der Waals surface area contributed by atoms with Gasteiger partial charge in [0.2, 0.25) is 0 Å². The molecule has 2 fully saturated rings. The topological polar surface area (TPSA) is 29.3 Å². The molecule has 94 valence electrons. The number of nitrogens with two attached hydrogens (primary N) is 1. The molecule has 0 saturated heterocycles. The van der Waals surface area contributed by atoms with Crippen LogP contribution in [0.15, 0.2) is 0 Å². The summed E-state index contributed by atoms with van der Waals surface area (Å²) in [7, 11) is 2.33. The van der Waals surface area contributed by atoms with Gasteiger partial charge < -0.3 is 10.6 Å². The molecule has 2 saturated carbocycles. The third kappa shape index (κ3) is 3.46. The molecule has 0 amide bonds. The monoisotopic (exact) mass is 224 g/mol. The molecule has 0 bridgehead atoms. The summed E-state index contributed by atoms with van der Waals surface area (Å²) >= 11 is 0. The van der Waals surface area contributed by atoms with E-state index in [0.29, 0.717) is 6.04 Å². The van der Waals surface area contributed by atoms with Crippen molar-refractivity contribution in [3.63, 3.8) is 0 Å². The van der Waals surface area contributed by atoms with Crippen molar-refractivity contribution in [3.05, 3.63) is 0 Å². The van der Waals surface area contributed by atoms with Crippen LogP contribution in [0.3, 0.4) is 0 Å². The predicted octanol–water partition coefficient (Wildman–Crippen LogP) is 2.77. The quantitative estimate of drug-likeness (QED) is 0.798. The Morgan fingerprint density at radius 3 is 2.19 bits per heavy atom. The maximum absolute atomic E-state index is 5.96. The molecule has 0 unspecified atom stereocenters. The molecule has 0 atom stereocenters. The minimum absolute atomic E-state index is 0.485. The Bertz CT molecular complexity index is 191. The summed E-state index contributed by atoms with van der Waals surface area (Å²) < 4.78 is 0. The van der Waals surface area contributed by atoms with Gasteiger partial charge in [-0.25, -0.2) is 0 Å². The summed E-state index contributed by atoms with van der Waals surface area (Å²) in [5.41, 5.74) is 5.96. The lowest BCUT2D eigenvalue weighted by Gasteiger charge is -2.36. The molecule has 2 aliphatic carbocycles. The molecule has 0 heterocycles. The van der Waals surface area contributed by atoms with Crippen molar-refractivity contribution in [1.82, 2.24) is 4.90 Å². The van der Waals surface area contributed by atoms with Crippen LogP contribution in [0, 0.1) is 5.92 Å². The minimum atomic E-state index is 0.485. The summed E-state index contributed by atoms with van der Waals surface area (Å²) in [6, 6.07) is 1.31. The first-order valence-corrected chi connectivity index (χ1v) is 7.21. The zero-order valence-corrected chi connectivity index (χ0v) is 10.8. The maximum Gasteiger partial charge on any atom is 0.00934 e. The van der Waals surface area contributed by atoms with Gasteiger partial charge in [0.1, 0.15) is 0 Å². The molecular formula is C14H28N2. The highest BCUT2D eigenvalue weighted by Crippen LogP contribution is 2.27. The van der Waals surface area contributed by atoms with E-state index in [-0.39, 0.29) is 0 Å². The Labute approximate surface area is 101 Å². The van der Waals surface area contributed by atoms with Crippen molar-refractivity contribution in [2.24, 2.45) is 11.7 Å². The molecule has 2 rings (SSSR count). The molecule has 0 aromatic carbocycles. The second kappa shape index (κ2) is 6.02. The largest absolute Gasteiger partial charge is 0.328 e. The van der Waals surface area contributed by atoms with E-state index in [4.69, 9.17) is 5.73 Å². The summed E-state index contributed by atoms with van der Waals surface area (Å²) in [6.07, 6.45) is 12.5. The Hall–Kier alpha value is -0.0800. The van der Waals surface area contributed by atoms with Crippen molar-refractivity contribution in [1.29, 1.82) is 0 Å². The standard InChI is InChI=1S/C14H28N2/c1-16(11-12-5-3-2-4-6-12)14-9-7-13(15)8-10-14/h12-14H,2-11,15H2,1H3. The molecule has 2 aliphatic rings. The number of hydrogen-bond donors (Lipinski definition) is 1. The normalized spacial score (nSPS) is 33.2. The van der Waals surface area contributed by atoms with Crippen LogP contribution in [0.2, 0.25) is 0 Å². The van der Waals surface area contributed by atoms with Gasteiger partial charge in [-0.2, -0.15) is 0 Å². The Balaban J connectivity index is 1.72. The molecule has 0 aliphatic heterocycles. The third-order valence-electron chi connectivity index (χ3n) is 4.64. The first-order valence-electron chi connectivity index (χ1n) is 7.21. The van der Waals surface area contributed by atoms with E-state index in [1.165, 1.54) is 64.3 Å². The second-order valence-electron chi connectivity index (χ2n) is 6.01. The third-order valence-corrected chi connectivity index (χ3v) is 4.64. The van der Waals surface area contributed by atoms with Gasteiger partial charge in [-0.3, -0.25) is 0 Å². The SMILES string of the molecule is CN(CC1CCCCC1)C1CCC(N)CC1. The smallest absolute Gasteiger partial charge is 0.00934 e. The Morgan fingerprint density at radius 1 is 0.938 bits per heavy atom. The van der Waals surface area contributed by atoms with Crippen molar-refractivity contribution < 1.29 is 0 Å². The summed E-state index contributed by atoms with van der Waals surface area (Å²) in [6.45, 7) is 1.33. The summed E-state index contributed by atoms with van der Waals surface area (Å²) in [4.78, 5) is 2.63. The van der Waals surface area contributed by atoms with Crippen LogP contribution >= 0.6 is 0 Å². The predicted molar refractivity (Wildman–Crippen MR) is 69.4 cm³/mol. The highest BCUT2D eigenvalue weighted by atomic mass is 15.1. The fourth-order valence-electron chi connectivity index (χ4n) is 3.47. The van der Waals surface area contributed by atoms with E-state index in [2.05, 4.69) is 11.9 Å². The average Bonchev–Trinajstić information content (AvgIpc) is 2.31. The highest BCUT2D eigenvalue weighted by molar-refractivity contribution is 4.81. The number of rotatable bonds is 3. The van der Waals surface area contributed by atoms with E-state index in [1.54, 1.807) is 0 Å². The molecule has 0 aromatic heterocycles. The highest BCUT2D eigenvalue weighted by Gasteiger charge is 2.24. The fourth-order valence-corrected chi connectivity index (χ4v) is 3.47. The molecule has 0 spiro atoms. The molecular weight excluding hydrogens is 196 g/mol. The van der Waals surface area contributed by atoms with Crippen molar-refractivity contribution in [3.8, 4) is 0 Å². The molecule has 2 N–H and O–H groups in total. The maximum atomic E-state index is 5.96. The van der Waals surface area contributed by atoms with E-state index < -0.39 is 0 Å². The lowest BCUT2D eigenvalue weighted by Crippen LogP contribution is -2.41. The van der Waals surface area contributed by atoms with Gasteiger partial charge in [0.05, 0.1) is 0 Å². The molecule has 16 heavy (non-hydrogen) atoms. The van der Waals surface area contributed by atoms with Crippen LogP contribution in [0.25, 0.3) is 0 Å². The van der Waals surface area contributed by atoms with Gasteiger partial charge in [0.25, 0.3) is 0 Å². The fraction of sp³-hybridized carbons (Fsp3) is 1.00. The van der Waals surface area contributed by atoms with Gasteiger partial charge >= 0.3 is 0 Å². The number of nitrogens with zero attached hydrogens (tertiary/aromatic N) is 1. The minimum Gasteiger partial charge on any atom is -0.328 e. The van der Waals surface area contributed by atoms with Gasteiger partial charge in [-0.05, 0) is 51.5 Å². The molecule has 0 radical (unpaired) electrons. The Kier molecular flexibility index (Phi) is 4.66. The Morgan fingerprint density at radius 2 is 1.56 bits per heavy atom. The summed E-state index contributed by atoms with van der Waals surface area (Å²) in [5, 5.41) is 0. The van der Waals surface area contributed by atoms with Gasteiger partial charge in [0, 0.05) is 18.6 Å². The second-order valence-corrected chi connectivity index (χ2v) is 6.01. The molecule has 2 heteroatoms. The van der Waals surface area contributed by atoms with Crippen molar-refractivity contribution in [2.75, 3.05) is 13.6 Å². The molecule has 0 aromatic rings. The van der Waals surface area contributed by atoms with E-state index in [1.807, 2.05) is 0 Å². The van der Waals surface area contributed by atoms with E-state index in [0.717, 1.165) is 12.0 Å². The first-order chi connectivity index (χ1) is 7.75. The van der Waals surface area contributed by atoms with Gasteiger partial charge in [-0.15, -0.1) is 0 Å². The number of hydrogen-bond acceptors (Lipinski definition) is 2. The van der Waals surface area contributed by atoms with Gasteiger partial charge in [0.15, 0.2) is 0 Å². The first kappa shape index (κ1) is 12.4. The van der Waals surface area contributed by atoms with Crippen LogP contribution in [0.5, 0.6) is 0 Å². The van der Waals surface area contributed by atoms with Crippen LogP contribution in [-0.2, 0) is 0 Å². The molecule has 2 nitrogen and oxygen atoms in total. The van der Waals surface area contributed by atoms with E-state index in [9.17, 15) is 0 Å². The van der Waals surface area contributed by atoms with Crippen LogP contribution < -0.4 is 5.73 Å². The summed E-state index contributed by atoms with van der Waals surface area (Å²) in [5.74, 6) is 0.981. The zero-order chi connectivity index (χ0) is 11.4. The van der Waals surface area contributed by atoms with Crippen molar-refractivity contribution in [2.45, 2.75) is 69.9 Å². The van der Waals surface area contributed by atoms with Crippen LogP contribution in [0.1, 0.15) is 57.8 Å². The lowest BCUT2D eigenvalue weighted by molar-refractivity contribution is 0.145. The van der Waals surface area contributed by atoms with Crippen LogP contribution in [0.4, 0.5) is 0 Å². The van der Waals surface area contributed by atoms with E-state index >= 15 is 0 Å².